The minimum absolute atomic E-state index is 0.0141. The number of thioether (sulfide) groups is 1. The minimum Gasteiger partial charge on any atom is -0.361 e. The number of hydrogen-bond acceptors (Lipinski definition) is 4. The highest BCUT2D eigenvalue weighted by Gasteiger charge is 2.12. The molecule has 136 valence electrons. The van der Waals surface area contributed by atoms with E-state index in [1.807, 2.05) is 20.8 Å². The van der Waals surface area contributed by atoms with Gasteiger partial charge < -0.3 is 9.84 Å². The molecule has 25 heavy (non-hydrogen) atoms. The first-order valence-corrected chi connectivity index (χ1v) is 9.90. The molecule has 0 spiro atoms. The van der Waals surface area contributed by atoms with Crippen molar-refractivity contribution in [2.75, 3.05) is 5.75 Å². The Hall–Kier alpha value is -1.75. The quantitative estimate of drug-likeness (QED) is 0.747. The maximum absolute atomic E-state index is 12.2. The molecule has 1 amide bonds. The maximum Gasteiger partial charge on any atom is 0.230 e. The topological polar surface area (TPSA) is 55.1 Å². The van der Waals surface area contributed by atoms with Gasteiger partial charge in [0, 0.05) is 11.3 Å². The Morgan fingerprint density at radius 1 is 1.20 bits per heavy atom. The summed E-state index contributed by atoms with van der Waals surface area (Å²) < 4.78 is 5.14. The summed E-state index contributed by atoms with van der Waals surface area (Å²) in [4.78, 5) is 12.2. The first kappa shape index (κ1) is 19.6. The smallest absolute Gasteiger partial charge is 0.230 e. The molecule has 1 atom stereocenters. The molecule has 1 unspecified atom stereocenters. The molecule has 2 rings (SSSR count). The SMILES string of the molecule is Cc1noc(C)c1CSCC(=O)NC(C)c1ccc(CC(C)C)cc1. The second-order valence-electron chi connectivity index (χ2n) is 6.92. The summed E-state index contributed by atoms with van der Waals surface area (Å²) in [5, 5.41) is 7.00. The molecule has 0 aliphatic heterocycles. The van der Waals surface area contributed by atoms with Crippen molar-refractivity contribution < 1.29 is 9.32 Å². The fourth-order valence-corrected chi connectivity index (χ4v) is 3.72. The van der Waals surface area contributed by atoms with E-state index in [1.54, 1.807) is 11.8 Å². The van der Waals surface area contributed by atoms with Crippen LogP contribution in [-0.4, -0.2) is 16.8 Å². The van der Waals surface area contributed by atoms with Gasteiger partial charge in [0.05, 0.1) is 17.5 Å². The lowest BCUT2D eigenvalue weighted by atomic mass is 10.00. The lowest BCUT2D eigenvalue weighted by Gasteiger charge is -2.15. The number of nitrogens with zero attached hydrogens (tertiary/aromatic N) is 1. The Morgan fingerprint density at radius 2 is 1.88 bits per heavy atom. The van der Waals surface area contributed by atoms with Crippen molar-refractivity contribution in [3.05, 3.63) is 52.4 Å². The Kier molecular flexibility index (Phi) is 7.12. The van der Waals surface area contributed by atoms with Crippen LogP contribution < -0.4 is 5.32 Å². The van der Waals surface area contributed by atoms with Gasteiger partial charge in [-0.15, -0.1) is 11.8 Å². The number of hydrogen-bond donors (Lipinski definition) is 1. The Balaban J connectivity index is 1.79. The van der Waals surface area contributed by atoms with E-state index in [4.69, 9.17) is 4.52 Å². The molecule has 2 aromatic rings. The number of nitrogens with one attached hydrogen (secondary N) is 1. The van der Waals surface area contributed by atoms with Gasteiger partial charge in [0.1, 0.15) is 5.76 Å². The lowest BCUT2D eigenvalue weighted by molar-refractivity contribution is -0.119. The zero-order valence-corrected chi connectivity index (χ0v) is 16.6. The van der Waals surface area contributed by atoms with Gasteiger partial charge in [0.25, 0.3) is 0 Å². The monoisotopic (exact) mass is 360 g/mol. The highest BCUT2D eigenvalue weighted by Crippen LogP contribution is 2.20. The number of carbonyl (C=O) groups excluding carboxylic acids is 1. The third-order valence-electron chi connectivity index (χ3n) is 4.16. The number of rotatable bonds is 8. The summed E-state index contributed by atoms with van der Waals surface area (Å²) in [6.07, 6.45) is 1.08. The Morgan fingerprint density at radius 3 is 2.44 bits per heavy atom. The molecule has 4 nitrogen and oxygen atoms in total. The average Bonchev–Trinajstić information content (AvgIpc) is 2.86. The zero-order valence-electron chi connectivity index (χ0n) is 15.8. The van der Waals surface area contributed by atoms with Crippen molar-refractivity contribution in [1.29, 1.82) is 0 Å². The number of aryl methyl sites for hydroxylation is 2. The molecule has 5 heteroatoms. The number of benzene rings is 1. The normalized spacial score (nSPS) is 12.4. The molecule has 0 aliphatic rings. The van der Waals surface area contributed by atoms with E-state index < -0.39 is 0 Å². The van der Waals surface area contributed by atoms with Crippen LogP contribution in [-0.2, 0) is 17.0 Å². The second-order valence-corrected chi connectivity index (χ2v) is 7.91. The molecular weight excluding hydrogens is 332 g/mol. The zero-order chi connectivity index (χ0) is 18.4. The summed E-state index contributed by atoms with van der Waals surface area (Å²) in [6.45, 7) is 10.3. The van der Waals surface area contributed by atoms with E-state index in [9.17, 15) is 4.79 Å². The minimum atomic E-state index is 0.0141. The third kappa shape index (κ3) is 5.92. The summed E-state index contributed by atoms with van der Waals surface area (Å²) in [5.41, 5.74) is 4.47. The van der Waals surface area contributed by atoms with Gasteiger partial charge in [-0.25, -0.2) is 0 Å². The number of amides is 1. The molecule has 0 aliphatic carbocycles. The molecule has 1 heterocycles. The molecule has 1 aromatic heterocycles. The lowest BCUT2D eigenvalue weighted by Crippen LogP contribution is -2.28. The van der Waals surface area contributed by atoms with Crippen LogP contribution in [0.15, 0.2) is 28.8 Å². The Bertz CT molecular complexity index is 673. The van der Waals surface area contributed by atoms with Crippen LogP contribution in [0.2, 0.25) is 0 Å². The molecular formula is C20H28N2O2S. The highest BCUT2D eigenvalue weighted by atomic mass is 32.2. The predicted octanol–water partition coefficient (Wildman–Crippen LogP) is 4.60. The van der Waals surface area contributed by atoms with Crippen molar-refractivity contribution in [1.82, 2.24) is 10.5 Å². The van der Waals surface area contributed by atoms with Crippen LogP contribution in [0.5, 0.6) is 0 Å². The van der Waals surface area contributed by atoms with E-state index >= 15 is 0 Å². The van der Waals surface area contributed by atoms with Gasteiger partial charge in [0.2, 0.25) is 5.91 Å². The van der Waals surface area contributed by atoms with Gasteiger partial charge in [-0.05, 0) is 44.2 Å². The Labute approximate surface area is 154 Å². The molecule has 0 saturated carbocycles. The van der Waals surface area contributed by atoms with Gasteiger partial charge in [-0.1, -0.05) is 43.3 Å². The van der Waals surface area contributed by atoms with Crippen molar-refractivity contribution in [2.45, 2.75) is 52.8 Å². The summed E-state index contributed by atoms with van der Waals surface area (Å²) in [7, 11) is 0. The van der Waals surface area contributed by atoms with Crippen molar-refractivity contribution in [3.63, 3.8) is 0 Å². The maximum atomic E-state index is 12.2. The van der Waals surface area contributed by atoms with Crippen LogP contribution in [0.25, 0.3) is 0 Å². The van der Waals surface area contributed by atoms with E-state index in [2.05, 4.69) is 48.6 Å². The van der Waals surface area contributed by atoms with Crippen LogP contribution >= 0.6 is 11.8 Å². The summed E-state index contributed by atoms with van der Waals surface area (Å²) >= 11 is 1.58. The summed E-state index contributed by atoms with van der Waals surface area (Å²) in [5.74, 6) is 2.71. The molecule has 1 aromatic carbocycles. The molecule has 0 radical (unpaired) electrons. The first-order chi connectivity index (χ1) is 11.9. The first-order valence-electron chi connectivity index (χ1n) is 8.74. The standard InChI is InChI=1S/C20H28N2O2S/c1-13(2)10-17-6-8-18(9-7-17)14(3)21-20(23)12-25-11-19-15(4)22-24-16(19)5/h6-9,13-14H,10-12H2,1-5H3,(H,21,23). The van der Waals surface area contributed by atoms with Crippen LogP contribution in [0.1, 0.15) is 55.0 Å². The molecule has 0 bridgehead atoms. The predicted molar refractivity (Wildman–Crippen MR) is 104 cm³/mol. The fourth-order valence-electron chi connectivity index (χ4n) is 2.73. The van der Waals surface area contributed by atoms with Gasteiger partial charge >= 0.3 is 0 Å². The van der Waals surface area contributed by atoms with Gasteiger partial charge in [0.15, 0.2) is 0 Å². The fraction of sp³-hybridized carbons (Fsp3) is 0.500. The van der Waals surface area contributed by atoms with Crippen molar-refractivity contribution in [2.24, 2.45) is 5.92 Å². The van der Waals surface area contributed by atoms with Crippen molar-refractivity contribution in [3.8, 4) is 0 Å². The van der Waals surface area contributed by atoms with Gasteiger partial charge in [-0.2, -0.15) is 0 Å². The van der Waals surface area contributed by atoms with Crippen LogP contribution in [0.3, 0.4) is 0 Å². The number of carbonyl (C=O) groups is 1. The van der Waals surface area contributed by atoms with E-state index in [0.29, 0.717) is 11.7 Å². The second kappa shape index (κ2) is 9.09. The largest absolute Gasteiger partial charge is 0.361 e. The van der Waals surface area contributed by atoms with Crippen LogP contribution in [0.4, 0.5) is 0 Å². The van der Waals surface area contributed by atoms with Gasteiger partial charge in [-0.3, -0.25) is 4.79 Å². The molecule has 0 saturated heterocycles. The summed E-state index contributed by atoms with van der Waals surface area (Å²) in [6, 6.07) is 8.55. The van der Waals surface area contributed by atoms with Crippen LogP contribution in [0, 0.1) is 19.8 Å². The molecule has 1 N–H and O–H groups in total. The highest BCUT2D eigenvalue weighted by molar-refractivity contribution is 7.99. The average molecular weight is 361 g/mol. The van der Waals surface area contributed by atoms with Crippen molar-refractivity contribution >= 4 is 17.7 Å². The third-order valence-corrected chi connectivity index (χ3v) is 5.12. The number of aromatic nitrogens is 1. The van der Waals surface area contributed by atoms with E-state index in [-0.39, 0.29) is 11.9 Å². The van der Waals surface area contributed by atoms with E-state index in [1.165, 1.54) is 5.56 Å². The van der Waals surface area contributed by atoms with E-state index in [0.717, 1.165) is 34.8 Å². The molecule has 0 fully saturated rings.